The molecule has 2 aliphatic heterocycles. The van der Waals surface area contributed by atoms with Gasteiger partial charge in [-0.25, -0.2) is 9.59 Å². The van der Waals surface area contributed by atoms with Crippen LogP contribution in [-0.2, 0) is 14.3 Å². The number of aliphatic hydroxyl groups excluding tert-OH is 1. The summed E-state index contributed by atoms with van der Waals surface area (Å²) in [5, 5.41) is 19.1. The van der Waals surface area contributed by atoms with Crippen molar-refractivity contribution in [1.29, 1.82) is 0 Å². The molecule has 2 heterocycles. The van der Waals surface area contributed by atoms with E-state index in [1.54, 1.807) is 0 Å². The van der Waals surface area contributed by atoms with Crippen LogP contribution >= 0.6 is 11.8 Å². The Morgan fingerprint density at radius 2 is 2.14 bits per heavy atom. The Bertz CT molecular complexity index is 547. The molecule has 0 aromatic rings. The number of aliphatic carboxylic acids is 1. The minimum absolute atomic E-state index is 0.0384. The lowest BCUT2D eigenvalue weighted by molar-refractivity contribution is -0.163. The number of amides is 2. The molecule has 9 heteroatoms. The van der Waals surface area contributed by atoms with Gasteiger partial charge < -0.3 is 25.6 Å². The number of thioether (sulfide) groups is 1. The zero-order chi connectivity index (χ0) is 16.6. The molecule has 22 heavy (non-hydrogen) atoms. The number of nitrogens with two attached hydrogens (primary N) is 1. The molecule has 4 atom stereocenters. The summed E-state index contributed by atoms with van der Waals surface area (Å²) in [6.45, 7) is 3.41. The smallest absolute Gasteiger partial charge is 0.404 e. The highest BCUT2D eigenvalue weighted by molar-refractivity contribution is 8.03. The molecule has 0 aromatic carbocycles. The Balaban J connectivity index is 2.15. The summed E-state index contributed by atoms with van der Waals surface area (Å²) in [7, 11) is 0. The maximum Gasteiger partial charge on any atom is 0.404 e. The summed E-state index contributed by atoms with van der Waals surface area (Å²) in [5.41, 5.74) is 4.82. The van der Waals surface area contributed by atoms with Crippen LogP contribution in [0.25, 0.3) is 0 Å². The van der Waals surface area contributed by atoms with E-state index < -0.39 is 24.1 Å². The first kappa shape index (κ1) is 16.6. The summed E-state index contributed by atoms with van der Waals surface area (Å²) in [6.07, 6.45) is -1.71. The Hall–Kier alpha value is -1.74. The van der Waals surface area contributed by atoms with E-state index in [4.69, 9.17) is 5.73 Å². The third kappa shape index (κ3) is 2.66. The lowest BCUT2D eigenvalue weighted by Gasteiger charge is -2.46. The molecule has 1 fully saturated rings. The molecular weight excluding hydrogens is 312 g/mol. The second kappa shape index (κ2) is 6.17. The van der Waals surface area contributed by atoms with Crippen LogP contribution in [0.2, 0.25) is 0 Å². The van der Waals surface area contributed by atoms with Crippen molar-refractivity contribution in [2.45, 2.75) is 26.0 Å². The molecule has 0 unspecified atom stereocenters. The Labute approximate surface area is 131 Å². The van der Waals surface area contributed by atoms with Crippen molar-refractivity contribution >= 4 is 29.7 Å². The third-order valence-corrected chi connectivity index (χ3v) is 5.14. The topological polar surface area (TPSA) is 130 Å². The molecular formula is C13H18N2O6S. The molecule has 0 bridgehead atoms. The van der Waals surface area contributed by atoms with E-state index in [0.29, 0.717) is 10.7 Å². The van der Waals surface area contributed by atoms with Gasteiger partial charge in [-0.2, -0.15) is 0 Å². The summed E-state index contributed by atoms with van der Waals surface area (Å²) in [4.78, 5) is 35.9. The van der Waals surface area contributed by atoms with Gasteiger partial charge in [-0.1, -0.05) is 6.92 Å². The number of β-lactam (4-membered cyclic amide) rings is 1. The first-order chi connectivity index (χ1) is 10.3. The van der Waals surface area contributed by atoms with Crippen LogP contribution in [0.15, 0.2) is 10.6 Å². The van der Waals surface area contributed by atoms with Gasteiger partial charge in [0, 0.05) is 16.6 Å². The fourth-order valence-electron chi connectivity index (χ4n) is 3.01. The fourth-order valence-corrected chi connectivity index (χ4v) is 4.12. The second-order valence-electron chi connectivity index (χ2n) is 5.29. The third-order valence-electron chi connectivity index (χ3n) is 3.90. The number of carboxylic acid groups (broad SMARTS) is 1. The van der Waals surface area contributed by atoms with Crippen LogP contribution in [0.4, 0.5) is 4.79 Å². The number of rotatable bonds is 6. The quantitative estimate of drug-likeness (QED) is 0.460. The molecule has 8 nitrogen and oxygen atoms in total. The van der Waals surface area contributed by atoms with Crippen LogP contribution < -0.4 is 5.73 Å². The van der Waals surface area contributed by atoms with Gasteiger partial charge in [-0.3, -0.25) is 4.79 Å². The average Bonchev–Trinajstić information content (AvgIpc) is 2.64. The van der Waals surface area contributed by atoms with Crippen molar-refractivity contribution in [3.8, 4) is 0 Å². The lowest BCUT2D eigenvalue weighted by Crippen LogP contribution is -2.63. The molecule has 122 valence electrons. The first-order valence-corrected chi connectivity index (χ1v) is 7.79. The number of carbonyl (C=O) groups excluding carboxylic acids is 2. The van der Waals surface area contributed by atoms with E-state index in [0.717, 1.165) is 0 Å². The highest BCUT2D eigenvalue weighted by Crippen LogP contribution is 2.50. The Kier molecular flexibility index (Phi) is 4.66. The zero-order valence-corrected chi connectivity index (χ0v) is 13.0. The van der Waals surface area contributed by atoms with Crippen molar-refractivity contribution in [1.82, 2.24) is 4.90 Å². The van der Waals surface area contributed by atoms with Gasteiger partial charge in [0.05, 0.1) is 18.1 Å². The standard InChI is InChI=1S/C13H18N2O6S/c1-5-8-7(6(2)16)11(17)15(8)9(12(18)19)10(5)22-4-3-21-13(14)20/h5-8,16H,3-4H2,1-2H3,(H2,14,20)(H,18,19)/t5-,6-,7-,8-/m1/s1. The first-order valence-electron chi connectivity index (χ1n) is 6.81. The van der Waals surface area contributed by atoms with Gasteiger partial charge in [0.2, 0.25) is 5.91 Å². The Morgan fingerprint density at radius 1 is 1.50 bits per heavy atom. The van der Waals surface area contributed by atoms with Crippen molar-refractivity contribution in [3.05, 3.63) is 10.6 Å². The summed E-state index contributed by atoms with van der Waals surface area (Å²) in [5.74, 6) is -1.97. The van der Waals surface area contributed by atoms with Crippen molar-refractivity contribution in [3.63, 3.8) is 0 Å². The Morgan fingerprint density at radius 3 is 2.64 bits per heavy atom. The zero-order valence-electron chi connectivity index (χ0n) is 12.2. The molecule has 2 amide bonds. The molecule has 1 saturated heterocycles. The summed E-state index contributed by atoms with van der Waals surface area (Å²) >= 11 is 1.22. The number of carboxylic acids is 1. The number of carbonyl (C=O) groups is 3. The molecule has 0 aromatic heterocycles. The van der Waals surface area contributed by atoms with Crippen LogP contribution in [0.5, 0.6) is 0 Å². The van der Waals surface area contributed by atoms with Gasteiger partial charge >= 0.3 is 12.1 Å². The minimum Gasteiger partial charge on any atom is -0.477 e. The van der Waals surface area contributed by atoms with E-state index in [1.165, 1.54) is 23.6 Å². The highest BCUT2D eigenvalue weighted by Gasteiger charge is 2.59. The van der Waals surface area contributed by atoms with E-state index in [1.807, 2.05) is 6.92 Å². The predicted molar refractivity (Wildman–Crippen MR) is 77.6 cm³/mol. The average molecular weight is 330 g/mol. The predicted octanol–water partition coefficient (Wildman–Crippen LogP) is -0.0314. The fraction of sp³-hybridized carbons (Fsp3) is 0.615. The summed E-state index contributed by atoms with van der Waals surface area (Å²) < 4.78 is 4.61. The molecule has 0 radical (unpaired) electrons. The van der Waals surface area contributed by atoms with Crippen LogP contribution in [0.3, 0.4) is 0 Å². The van der Waals surface area contributed by atoms with E-state index >= 15 is 0 Å². The molecule has 0 saturated carbocycles. The van der Waals surface area contributed by atoms with Crippen molar-refractivity contribution in [2.75, 3.05) is 12.4 Å². The monoisotopic (exact) mass is 330 g/mol. The number of hydrogen-bond acceptors (Lipinski definition) is 6. The number of ether oxygens (including phenoxy) is 1. The number of primary amides is 1. The summed E-state index contributed by atoms with van der Waals surface area (Å²) in [6, 6.07) is -0.335. The minimum atomic E-state index is -1.18. The maximum absolute atomic E-state index is 12.1. The maximum atomic E-state index is 12.1. The lowest BCUT2D eigenvalue weighted by atomic mass is 9.79. The van der Waals surface area contributed by atoms with Gasteiger partial charge in [0.25, 0.3) is 0 Å². The van der Waals surface area contributed by atoms with Gasteiger partial charge in [-0.15, -0.1) is 11.8 Å². The van der Waals surface area contributed by atoms with Crippen LogP contribution in [-0.4, -0.2) is 57.6 Å². The van der Waals surface area contributed by atoms with Crippen LogP contribution in [0, 0.1) is 11.8 Å². The molecule has 0 spiro atoms. The second-order valence-corrected chi connectivity index (χ2v) is 6.42. The number of nitrogens with zero attached hydrogens (tertiary/aromatic N) is 1. The largest absolute Gasteiger partial charge is 0.477 e. The van der Waals surface area contributed by atoms with E-state index in [2.05, 4.69) is 4.74 Å². The molecule has 0 aliphatic carbocycles. The number of aliphatic hydroxyl groups is 1. The highest BCUT2D eigenvalue weighted by atomic mass is 32.2. The SMILES string of the molecule is C[C@@H](O)[C@H]1C(=O)N2C(C(=O)O)=C(SCCOC(N)=O)[C@H](C)[C@H]12. The van der Waals surface area contributed by atoms with E-state index in [-0.39, 0.29) is 30.2 Å². The van der Waals surface area contributed by atoms with Gasteiger partial charge in [0.15, 0.2) is 0 Å². The normalized spacial score (nSPS) is 28.2. The van der Waals surface area contributed by atoms with Gasteiger partial charge in [-0.05, 0) is 6.92 Å². The van der Waals surface area contributed by atoms with E-state index in [9.17, 15) is 24.6 Å². The van der Waals surface area contributed by atoms with Crippen molar-refractivity contribution < 1.29 is 29.3 Å². The van der Waals surface area contributed by atoms with Crippen LogP contribution in [0.1, 0.15) is 13.8 Å². The van der Waals surface area contributed by atoms with Crippen molar-refractivity contribution in [2.24, 2.45) is 17.6 Å². The van der Waals surface area contributed by atoms with Gasteiger partial charge in [0.1, 0.15) is 12.3 Å². The molecule has 2 aliphatic rings. The number of hydrogen-bond donors (Lipinski definition) is 3. The molecule has 4 N–H and O–H groups in total. The molecule has 2 rings (SSSR count). The number of fused-ring (bicyclic) bond motifs is 1.